The number of aliphatic hydroxyl groups is 1. The second-order valence-electron chi connectivity index (χ2n) is 5.65. The lowest BCUT2D eigenvalue weighted by Gasteiger charge is -2.21. The quantitative estimate of drug-likeness (QED) is 0.871. The van der Waals surface area contributed by atoms with Crippen LogP contribution in [0.3, 0.4) is 0 Å². The van der Waals surface area contributed by atoms with Gasteiger partial charge in [0.15, 0.2) is 0 Å². The van der Waals surface area contributed by atoms with Crippen LogP contribution in [0.1, 0.15) is 62.7 Å². The van der Waals surface area contributed by atoms with Crippen LogP contribution >= 0.6 is 0 Å². The minimum Gasteiger partial charge on any atom is -0.496 e. The van der Waals surface area contributed by atoms with E-state index in [1.54, 1.807) is 7.11 Å². The second kappa shape index (κ2) is 5.75. The first-order valence-electron chi connectivity index (χ1n) is 6.99. The van der Waals surface area contributed by atoms with Gasteiger partial charge < -0.3 is 9.84 Å². The van der Waals surface area contributed by atoms with Crippen molar-refractivity contribution in [3.8, 4) is 5.75 Å². The Hall–Kier alpha value is -1.02. The van der Waals surface area contributed by atoms with Gasteiger partial charge in [-0.3, -0.25) is 0 Å². The molecule has 1 N–H and O–H groups in total. The Labute approximate surface area is 110 Å². The van der Waals surface area contributed by atoms with Crippen molar-refractivity contribution in [1.29, 1.82) is 0 Å². The Balaban J connectivity index is 2.30. The van der Waals surface area contributed by atoms with Crippen LogP contribution in [0, 0.1) is 5.92 Å². The molecule has 1 aromatic rings. The van der Waals surface area contributed by atoms with Gasteiger partial charge in [-0.25, -0.2) is 0 Å². The predicted molar refractivity (Wildman–Crippen MR) is 74.0 cm³/mol. The minimum atomic E-state index is -0.374. The first-order chi connectivity index (χ1) is 8.63. The molecule has 0 amide bonds. The lowest BCUT2D eigenvalue weighted by atomic mass is 9.91. The molecule has 0 aliphatic heterocycles. The van der Waals surface area contributed by atoms with E-state index in [1.165, 1.54) is 18.4 Å². The van der Waals surface area contributed by atoms with E-state index in [1.807, 2.05) is 6.07 Å². The van der Waals surface area contributed by atoms with Gasteiger partial charge in [0.2, 0.25) is 0 Å². The Bertz CT molecular complexity index is 392. The van der Waals surface area contributed by atoms with Crippen LogP contribution in [0.15, 0.2) is 18.2 Å². The predicted octanol–water partition coefficient (Wildman–Crippen LogP) is 4.04. The first kappa shape index (κ1) is 13.4. The molecular formula is C16H24O2. The van der Waals surface area contributed by atoms with Gasteiger partial charge in [-0.05, 0) is 42.4 Å². The van der Waals surface area contributed by atoms with Gasteiger partial charge in [0.05, 0.1) is 13.2 Å². The maximum atomic E-state index is 10.6. The molecule has 0 aromatic heterocycles. The molecule has 0 saturated heterocycles. The summed E-state index contributed by atoms with van der Waals surface area (Å²) in [6, 6.07) is 6.20. The number of methoxy groups -OCH3 is 1. The molecular weight excluding hydrogens is 224 g/mol. The molecule has 18 heavy (non-hydrogen) atoms. The Kier molecular flexibility index (Phi) is 4.28. The van der Waals surface area contributed by atoms with Crippen molar-refractivity contribution in [3.05, 3.63) is 29.3 Å². The first-order valence-corrected chi connectivity index (χ1v) is 6.99. The zero-order valence-electron chi connectivity index (χ0n) is 11.6. The number of hydrogen-bond acceptors (Lipinski definition) is 2. The van der Waals surface area contributed by atoms with Crippen molar-refractivity contribution in [3.63, 3.8) is 0 Å². The summed E-state index contributed by atoms with van der Waals surface area (Å²) in [7, 11) is 1.68. The summed E-state index contributed by atoms with van der Waals surface area (Å²) in [5, 5.41) is 10.6. The molecule has 1 saturated carbocycles. The third kappa shape index (κ3) is 2.69. The van der Waals surface area contributed by atoms with E-state index in [0.29, 0.717) is 11.8 Å². The monoisotopic (exact) mass is 248 g/mol. The van der Waals surface area contributed by atoms with E-state index in [9.17, 15) is 5.11 Å². The van der Waals surface area contributed by atoms with Crippen molar-refractivity contribution in [1.82, 2.24) is 0 Å². The molecule has 1 unspecified atom stereocenters. The highest BCUT2D eigenvalue weighted by atomic mass is 16.5. The summed E-state index contributed by atoms with van der Waals surface area (Å²) in [5.41, 5.74) is 2.23. The summed E-state index contributed by atoms with van der Waals surface area (Å²) in [5.74, 6) is 1.70. The number of aliphatic hydroxyl groups excluding tert-OH is 1. The van der Waals surface area contributed by atoms with Gasteiger partial charge in [0.1, 0.15) is 5.75 Å². The maximum absolute atomic E-state index is 10.6. The van der Waals surface area contributed by atoms with Gasteiger partial charge in [0, 0.05) is 5.56 Å². The summed E-state index contributed by atoms with van der Waals surface area (Å²) in [4.78, 5) is 0. The van der Waals surface area contributed by atoms with E-state index < -0.39 is 0 Å². The van der Waals surface area contributed by atoms with Crippen LogP contribution in [-0.4, -0.2) is 12.2 Å². The number of rotatable bonds is 4. The van der Waals surface area contributed by atoms with Crippen molar-refractivity contribution >= 4 is 0 Å². The molecule has 1 fully saturated rings. The fourth-order valence-corrected chi connectivity index (χ4v) is 2.87. The molecule has 0 spiro atoms. The topological polar surface area (TPSA) is 29.5 Å². The molecule has 2 heteroatoms. The fraction of sp³-hybridized carbons (Fsp3) is 0.625. The third-order valence-electron chi connectivity index (χ3n) is 4.09. The summed E-state index contributed by atoms with van der Waals surface area (Å²) in [6.45, 7) is 4.35. The van der Waals surface area contributed by atoms with Gasteiger partial charge in [-0.2, -0.15) is 0 Å². The van der Waals surface area contributed by atoms with E-state index in [-0.39, 0.29) is 6.10 Å². The zero-order chi connectivity index (χ0) is 13.1. The summed E-state index contributed by atoms with van der Waals surface area (Å²) >= 11 is 0. The molecule has 1 aromatic carbocycles. The fourth-order valence-electron chi connectivity index (χ4n) is 2.87. The standard InChI is InChI=1S/C16H24O2/c1-11(2)13-8-9-15(18-3)14(10-13)16(17)12-6-4-5-7-12/h8-12,16-17H,4-7H2,1-3H3. The van der Waals surface area contributed by atoms with E-state index in [4.69, 9.17) is 4.74 Å². The molecule has 1 atom stereocenters. The summed E-state index contributed by atoms with van der Waals surface area (Å²) < 4.78 is 5.40. The lowest BCUT2D eigenvalue weighted by Crippen LogP contribution is -2.11. The molecule has 100 valence electrons. The van der Waals surface area contributed by atoms with Crippen molar-refractivity contribution in [2.45, 2.75) is 51.6 Å². The number of ether oxygens (including phenoxy) is 1. The molecule has 0 heterocycles. The third-order valence-corrected chi connectivity index (χ3v) is 4.09. The van der Waals surface area contributed by atoms with Crippen LogP contribution in [0.2, 0.25) is 0 Å². The van der Waals surface area contributed by atoms with Crippen molar-refractivity contribution < 1.29 is 9.84 Å². The summed E-state index contributed by atoms with van der Waals surface area (Å²) in [6.07, 6.45) is 4.38. The van der Waals surface area contributed by atoms with Gasteiger partial charge in [-0.15, -0.1) is 0 Å². The highest BCUT2D eigenvalue weighted by Gasteiger charge is 2.27. The van der Waals surface area contributed by atoms with Crippen molar-refractivity contribution in [2.75, 3.05) is 7.11 Å². The molecule has 1 aliphatic carbocycles. The van der Waals surface area contributed by atoms with Gasteiger partial charge in [0.25, 0.3) is 0 Å². The van der Waals surface area contributed by atoms with Crippen molar-refractivity contribution in [2.24, 2.45) is 5.92 Å². The maximum Gasteiger partial charge on any atom is 0.124 e. The average Bonchev–Trinajstić information content (AvgIpc) is 2.90. The Morgan fingerprint density at radius 2 is 1.89 bits per heavy atom. The number of benzene rings is 1. The molecule has 2 nitrogen and oxygen atoms in total. The van der Waals surface area contributed by atoms with Crippen LogP contribution in [-0.2, 0) is 0 Å². The van der Waals surface area contributed by atoms with E-state index in [2.05, 4.69) is 26.0 Å². The Morgan fingerprint density at radius 3 is 2.44 bits per heavy atom. The van der Waals surface area contributed by atoms with Crippen LogP contribution in [0.25, 0.3) is 0 Å². The van der Waals surface area contributed by atoms with Gasteiger partial charge >= 0.3 is 0 Å². The van der Waals surface area contributed by atoms with E-state index in [0.717, 1.165) is 24.2 Å². The van der Waals surface area contributed by atoms with Gasteiger partial charge in [-0.1, -0.05) is 32.8 Å². The van der Waals surface area contributed by atoms with Crippen LogP contribution < -0.4 is 4.74 Å². The minimum absolute atomic E-state index is 0.374. The normalized spacial score (nSPS) is 18.3. The van der Waals surface area contributed by atoms with Crippen LogP contribution in [0.5, 0.6) is 5.75 Å². The zero-order valence-corrected chi connectivity index (χ0v) is 11.6. The SMILES string of the molecule is COc1ccc(C(C)C)cc1C(O)C1CCCC1. The molecule has 1 aliphatic rings. The van der Waals surface area contributed by atoms with Crippen LogP contribution in [0.4, 0.5) is 0 Å². The number of hydrogen-bond donors (Lipinski definition) is 1. The largest absolute Gasteiger partial charge is 0.496 e. The second-order valence-corrected chi connectivity index (χ2v) is 5.65. The highest BCUT2D eigenvalue weighted by molar-refractivity contribution is 5.40. The highest BCUT2D eigenvalue weighted by Crippen LogP contribution is 2.39. The Morgan fingerprint density at radius 1 is 1.22 bits per heavy atom. The van der Waals surface area contributed by atoms with E-state index >= 15 is 0 Å². The lowest BCUT2D eigenvalue weighted by molar-refractivity contribution is 0.108. The smallest absolute Gasteiger partial charge is 0.124 e. The molecule has 0 bridgehead atoms. The average molecular weight is 248 g/mol. The molecule has 0 radical (unpaired) electrons. The molecule has 2 rings (SSSR count).